The first-order valence-electron chi connectivity index (χ1n) is 5.43. The third-order valence-corrected chi connectivity index (χ3v) is 2.70. The first-order valence-corrected chi connectivity index (χ1v) is 5.43. The van der Waals surface area contributed by atoms with Gasteiger partial charge < -0.3 is 10.3 Å². The SMILES string of the molecule is CC(N)c1cccn1Cc1cccc(F)c1F. The van der Waals surface area contributed by atoms with Crippen molar-refractivity contribution in [2.24, 2.45) is 5.73 Å². The minimum Gasteiger partial charge on any atom is -0.345 e. The predicted molar refractivity (Wildman–Crippen MR) is 62.5 cm³/mol. The van der Waals surface area contributed by atoms with Crippen LogP contribution in [0.4, 0.5) is 8.78 Å². The number of nitrogens with zero attached hydrogens (tertiary/aromatic N) is 1. The van der Waals surface area contributed by atoms with Crippen molar-refractivity contribution in [1.82, 2.24) is 4.57 Å². The standard InChI is InChI=1S/C13H14F2N2/c1-9(16)12-6-3-7-17(12)8-10-4-2-5-11(14)13(10)15/h2-7,9H,8,16H2,1H3. The lowest BCUT2D eigenvalue weighted by molar-refractivity contribution is 0.493. The van der Waals surface area contributed by atoms with E-state index in [-0.39, 0.29) is 12.6 Å². The number of hydrogen-bond donors (Lipinski definition) is 1. The molecule has 2 N–H and O–H groups in total. The van der Waals surface area contributed by atoms with Crippen LogP contribution >= 0.6 is 0 Å². The molecule has 0 radical (unpaired) electrons. The summed E-state index contributed by atoms with van der Waals surface area (Å²) in [5, 5.41) is 0. The van der Waals surface area contributed by atoms with Gasteiger partial charge in [-0.2, -0.15) is 0 Å². The summed E-state index contributed by atoms with van der Waals surface area (Å²) in [6, 6.07) is 7.77. The van der Waals surface area contributed by atoms with Gasteiger partial charge in [0.05, 0.1) is 6.54 Å². The Kier molecular flexibility index (Phi) is 3.24. The highest BCUT2D eigenvalue weighted by atomic mass is 19.2. The normalized spacial score (nSPS) is 12.7. The van der Waals surface area contributed by atoms with Gasteiger partial charge in [0.15, 0.2) is 11.6 Å². The van der Waals surface area contributed by atoms with Crippen LogP contribution in [0.2, 0.25) is 0 Å². The Labute approximate surface area is 98.7 Å². The molecule has 0 aliphatic heterocycles. The third kappa shape index (κ3) is 2.36. The van der Waals surface area contributed by atoms with Crippen LogP contribution in [0.15, 0.2) is 36.5 Å². The lowest BCUT2D eigenvalue weighted by atomic mass is 10.2. The monoisotopic (exact) mass is 236 g/mol. The Hall–Kier alpha value is -1.68. The van der Waals surface area contributed by atoms with E-state index in [2.05, 4.69) is 0 Å². The molecule has 0 aliphatic rings. The van der Waals surface area contributed by atoms with Gasteiger partial charge in [-0.25, -0.2) is 8.78 Å². The fraction of sp³-hybridized carbons (Fsp3) is 0.231. The van der Waals surface area contributed by atoms with Crippen molar-refractivity contribution in [2.75, 3.05) is 0 Å². The number of aromatic nitrogens is 1. The Morgan fingerprint density at radius 3 is 2.71 bits per heavy atom. The van der Waals surface area contributed by atoms with E-state index in [1.807, 2.05) is 29.8 Å². The molecule has 4 heteroatoms. The van der Waals surface area contributed by atoms with E-state index in [0.29, 0.717) is 5.56 Å². The van der Waals surface area contributed by atoms with E-state index in [4.69, 9.17) is 5.73 Å². The average molecular weight is 236 g/mol. The van der Waals surface area contributed by atoms with Crippen LogP contribution in [0.5, 0.6) is 0 Å². The Morgan fingerprint density at radius 1 is 1.24 bits per heavy atom. The molecule has 17 heavy (non-hydrogen) atoms. The van der Waals surface area contributed by atoms with Gasteiger partial charge in [-0.15, -0.1) is 0 Å². The van der Waals surface area contributed by atoms with Crippen LogP contribution in [0.3, 0.4) is 0 Å². The number of hydrogen-bond acceptors (Lipinski definition) is 1. The predicted octanol–water partition coefficient (Wildman–Crippen LogP) is 2.83. The molecule has 2 aromatic rings. The smallest absolute Gasteiger partial charge is 0.163 e. The molecule has 1 aromatic carbocycles. The zero-order valence-electron chi connectivity index (χ0n) is 9.53. The van der Waals surface area contributed by atoms with Crippen LogP contribution in [-0.2, 0) is 6.54 Å². The zero-order chi connectivity index (χ0) is 12.4. The van der Waals surface area contributed by atoms with Gasteiger partial charge in [0.2, 0.25) is 0 Å². The van der Waals surface area contributed by atoms with E-state index in [9.17, 15) is 8.78 Å². The second-order valence-electron chi connectivity index (χ2n) is 4.06. The van der Waals surface area contributed by atoms with Crippen LogP contribution < -0.4 is 5.73 Å². The summed E-state index contributed by atoms with van der Waals surface area (Å²) in [5.74, 6) is -1.62. The van der Waals surface area contributed by atoms with Gasteiger partial charge in [-0.1, -0.05) is 12.1 Å². The molecule has 0 spiro atoms. The summed E-state index contributed by atoms with van der Waals surface area (Å²) >= 11 is 0. The van der Waals surface area contributed by atoms with E-state index >= 15 is 0 Å². The average Bonchev–Trinajstić information content (AvgIpc) is 2.73. The molecule has 90 valence electrons. The Morgan fingerprint density at radius 2 is 2.00 bits per heavy atom. The molecule has 0 bridgehead atoms. The van der Waals surface area contributed by atoms with E-state index in [1.165, 1.54) is 6.07 Å². The highest BCUT2D eigenvalue weighted by Crippen LogP contribution is 2.16. The highest BCUT2D eigenvalue weighted by Gasteiger charge is 2.10. The minimum atomic E-state index is -0.822. The summed E-state index contributed by atoms with van der Waals surface area (Å²) in [4.78, 5) is 0. The fourth-order valence-corrected chi connectivity index (χ4v) is 1.84. The van der Waals surface area contributed by atoms with Crippen molar-refractivity contribution in [3.63, 3.8) is 0 Å². The van der Waals surface area contributed by atoms with Gasteiger partial charge in [-0.3, -0.25) is 0 Å². The Bertz CT molecular complexity index is 518. The number of benzene rings is 1. The van der Waals surface area contributed by atoms with E-state index in [1.54, 1.807) is 6.07 Å². The molecule has 1 unspecified atom stereocenters. The quantitative estimate of drug-likeness (QED) is 0.872. The van der Waals surface area contributed by atoms with Crippen molar-refractivity contribution in [3.8, 4) is 0 Å². The minimum absolute atomic E-state index is 0.137. The van der Waals surface area contributed by atoms with Crippen LogP contribution in [0.25, 0.3) is 0 Å². The van der Waals surface area contributed by atoms with Gasteiger partial charge in [0.25, 0.3) is 0 Å². The van der Waals surface area contributed by atoms with Crippen LogP contribution in [-0.4, -0.2) is 4.57 Å². The molecule has 0 amide bonds. The van der Waals surface area contributed by atoms with Crippen molar-refractivity contribution < 1.29 is 8.78 Å². The topological polar surface area (TPSA) is 30.9 Å². The summed E-state index contributed by atoms with van der Waals surface area (Å²) < 4.78 is 28.4. The summed E-state index contributed by atoms with van der Waals surface area (Å²) in [7, 11) is 0. The number of nitrogens with two attached hydrogens (primary N) is 1. The van der Waals surface area contributed by atoms with Crippen molar-refractivity contribution in [3.05, 3.63) is 59.4 Å². The van der Waals surface area contributed by atoms with Crippen LogP contribution in [0, 0.1) is 11.6 Å². The first kappa shape index (κ1) is 11.8. The van der Waals surface area contributed by atoms with Gasteiger partial charge in [0, 0.05) is 23.5 Å². The molecule has 1 heterocycles. The number of halogens is 2. The van der Waals surface area contributed by atoms with Crippen molar-refractivity contribution in [1.29, 1.82) is 0 Å². The molecule has 2 nitrogen and oxygen atoms in total. The first-order chi connectivity index (χ1) is 8.09. The summed E-state index contributed by atoms with van der Waals surface area (Å²) in [5.41, 5.74) is 7.01. The lowest BCUT2D eigenvalue weighted by Crippen LogP contribution is -2.13. The molecule has 2 rings (SSSR count). The van der Waals surface area contributed by atoms with E-state index in [0.717, 1.165) is 11.8 Å². The Balaban J connectivity index is 2.32. The van der Waals surface area contributed by atoms with Gasteiger partial charge >= 0.3 is 0 Å². The molecular formula is C13H14F2N2. The molecule has 1 atom stereocenters. The van der Waals surface area contributed by atoms with Gasteiger partial charge in [0.1, 0.15) is 0 Å². The van der Waals surface area contributed by atoms with Gasteiger partial charge in [-0.05, 0) is 25.1 Å². The zero-order valence-corrected chi connectivity index (χ0v) is 9.53. The second-order valence-corrected chi connectivity index (χ2v) is 4.06. The highest BCUT2D eigenvalue weighted by molar-refractivity contribution is 5.21. The molecule has 0 aliphatic carbocycles. The fourth-order valence-electron chi connectivity index (χ4n) is 1.84. The molecule has 0 fully saturated rings. The molecule has 0 saturated heterocycles. The van der Waals surface area contributed by atoms with Crippen molar-refractivity contribution >= 4 is 0 Å². The van der Waals surface area contributed by atoms with Crippen LogP contribution in [0.1, 0.15) is 24.2 Å². The number of rotatable bonds is 3. The molecular weight excluding hydrogens is 222 g/mol. The van der Waals surface area contributed by atoms with E-state index < -0.39 is 11.6 Å². The molecule has 1 aromatic heterocycles. The maximum absolute atomic E-state index is 13.5. The maximum Gasteiger partial charge on any atom is 0.163 e. The second kappa shape index (κ2) is 4.67. The largest absolute Gasteiger partial charge is 0.345 e. The molecule has 0 saturated carbocycles. The lowest BCUT2D eigenvalue weighted by Gasteiger charge is -2.12. The third-order valence-electron chi connectivity index (χ3n) is 2.70. The summed E-state index contributed by atoms with van der Waals surface area (Å²) in [6.45, 7) is 2.14. The summed E-state index contributed by atoms with van der Waals surface area (Å²) in [6.07, 6.45) is 1.81. The van der Waals surface area contributed by atoms with Crippen molar-refractivity contribution in [2.45, 2.75) is 19.5 Å². The maximum atomic E-state index is 13.5.